The third-order valence-corrected chi connectivity index (χ3v) is 3.91. The number of halogens is 2. The van der Waals surface area contributed by atoms with Crippen LogP contribution in [0.5, 0.6) is 11.5 Å². The monoisotopic (exact) mass is 386 g/mol. The molecule has 0 aliphatic rings. The van der Waals surface area contributed by atoms with Gasteiger partial charge in [-0.1, -0.05) is 6.07 Å². The van der Waals surface area contributed by atoms with Gasteiger partial charge in [-0.25, -0.2) is 8.78 Å². The fourth-order valence-electron chi connectivity index (χ4n) is 2.77. The average molecular weight is 386 g/mol. The SMILES string of the molecule is Cc1cc(C)cc(Oc2ccc(NNC(=O)c3cn(C)nc3C(F)F)cc2)c1. The number of benzene rings is 2. The summed E-state index contributed by atoms with van der Waals surface area (Å²) in [4.78, 5) is 12.1. The Kier molecular flexibility index (Phi) is 5.58. The minimum Gasteiger partial charge on any atom is -0.457 e. The normalized spacial score (nSPS) is 10.8. The Morgan fingerprint density at radius 1 is 1.07 bits per heavy atom. The van der Waals surface area contributed by atoms with Crippen LogP contribution in [0.3, 0.4) is 0 Å². The molecule has 8 heteroatoms. The maximum atomic E-state index is 12.9. The number of carbonyl (C=O) groups excluding carboxylic acids is 1. The number of amides is 1. The van der Waals surface area contributed by atoms with Crippen LogP contribution in [0, 0.1) is 13.8 Å². The second kappa shape index (κ2) is 8.08. The molecular weight excluding hydrogens is 366 g/mol. The summed E-state index contributed by atoms with van der Waals surface area (Å²) in [7, 11) is 1.48. The number of nitrogens with zero attached hydrogens (tertiary/aromatic N) is 2. The van der Waals surface area contributed by atoms with E-state index in [0.29, 0.717) is 11.4 Å². The highest BCUT2D eigenvalue weighted by Gasteiger charge is 2.22. The summed E-state index contributed by atoms with van der Waals surface area (Å²) in [5.74, 6) is 0.677. The van der Waals surface area contributed by atoms with Crippen molar-refractivity contribution in [2.75, 3.05) is 5.43 Å². The van der Waals surface area contributed by atoms with Crippen LogP contribution in [0.4, 0.5) is 14.5 Å². The van der Waals surface area contributed by atoms with Gasteiger partial charge in [0.1, 0.15) is 17.2 Å². The van der Waals surface area contributed by atoms with Crippen LogP contribution >= 0.6 is 0 Å². The van der Waals surface area contributed by atoms with Crippen LogP contribution in [-0.4, -0.2) is 15.7 Å². The van der Waals surface area contributed by atoms with Crippen LogP contribution in [0.25, 0.3) is 0 Å². The van der Waals surface area contributed by atoms with Crippen molar-refractivity contribution in [3.63, 3.8) is 0 Å². The molecule has 0 fully saturated rings. The second-order valence-corrected chi connectivity index (χ2v) is 6.43. The highest BCUT2D eigenvalue weighted by Crippen LogP contribution is 2.25. The molecule has 0 unspecified atom stereocenters. The predicted molar refractivity (Wildman–Crippen MR) is 102 cm³/mol. The van der Waals surface area contributed by atoms with E-state index in [1.165, 1.54) is 17.9 Å². The molecule has 146 valence electrons. The van der Waals surface area contributed by atoms with E-state index in [1.54, 1.807) is 24.3 Å². The number of alkyl halides is 2. The molecule has 2 N–H and O–H groups in total. The van der Waals surface area contributed by atoms with E-state index >= 15 is 0 Å². The van der Waals surface area contributed by atoms with Gasteiger partial charge < -0.3 is 4.74 Å². The van der Waals surface area contributed by atoms with Crippen LogP contribution in [0.2, 0.25) is 0 Å². The summed E-state index contributed by atoms with van der Waals surface area (Å²) in [5, 5.41) is 3.61. The Morgan fingerprint density at radius 3 is 2.32 bits per heavy atom. The van der Waals surface area contributed by atoms with Crippen molar-refractivity contribution in [2.24, 2.45) is 7.05 Å². The Balaban J connectivity index is 1.62. The van der Waals surface area contributed by atoms with Crippen LogP contribution in [-0.2, 0) is 7.05 Å². The molecule has 0 atom stereocenters. The lowest BCUT2D eigenvalue weighted by Gasteiger charge is -2.11. The van der Waals surface area contributed by atoms with E-state index < -0.39 is 18.0 Å². The smallest absolute Gasteiger partial charge is 0.282 e. The summed E-state index contributed by atoms with van der Waals surface area (Å²) in [6.45, 7) is 3.99. The van der Waals surface area contributed by atoms with Crippen molar-refractivity contribution >= 4 is 11.6 Å². The number of hydrogen-bond acceptors (Lipinski definition) is 4. The van der Waals surface area contributed by atoms with Crippen molar-refractivity contribution in [3.8, 4) is 11.5 Å². The lowest BCUT2D eigenvalue weighted by molar-refractivity contribution is 0.0948. The third kappa shape index (κ3) is 4.64. The van der Waals surface area contributed by atoms with Gasteiger partial charge in [-0.2, -0.15) is 5.10 Å². The lowest BCUT2D eigenvalue weighted by Crippen LogP contribution is -2.29. The molecule has 0 spiro atoms. The number of rotatable bonds is 6. The molecule has 0 aliphatic carbocycles. The summed E-state index contributed by atoms with van der Waals surface area (Å²) in [6, 6.07) is 12.8. The summed E-state index contributed by atoms with van der Waals surface area (Å²) < 4.78 is 32.9. The van der Waals surface area contributed by atoms with Crippen molar-refractivity contribution in [1.29, 1.82) is 0 Å². The van der Waals surface area contributed by atoms with Crippen molar-refractivity contribution in [1.82, 2.24) is 15.2 Å². The summed E-state index contributed by atoms with van der Waals surface area (Å²) >= 11 is 0. The largest absolute Gasteiger partial charge is 0.457 e. The molecule has 28 heavy (non-hydrogen) atoms. The summed E-state index contributed by atoms with van der Waals surface area (Å²) in [5.41, 5.74) is 7.13. The van der Waals surface area contributed by atoms with Crippen molar-refractivity contribution in [3.05, 3.63) is 71.0 Å². The summed E-state index contributed by atoms with van der Waals surface area (Å²) in [6.07, 6.45) is -1.58. The zero-order chi connectivity index (χ0) is 20.3. The Labute approximate surface area is 161 Å². The number of carbonyl (C=O) groups is 1. The first kappa shape index (κ1) is 19.3. The topological polar surface area (TPSA) is 68.2 Å². The van der Waals surface area contributed by atoms with Gasteiger partial charge in [-0.05, 0) is 61.4 Å². The van der Waals surface area contributed by atoms with Crippen LogP contribution in [0.1, 0.15) is 33.6 Å². The predicted octanol–water partition coefficient (Wildman–Crippen LogP) is 4.52. The number of nitrogens with one attached hydrogen (secondary N) is 2. The Bertz CT molecular complexity index is 964. The van der Waals surface area contributed by atoms with E-state index in [9.17, 15) is 13.6 Å². The number of ether oxygens (including phenoxy) is 1. The van der Waals surface area contributed by atoms with Crippen molar-refractivity contribution in [2.45, 2.75) is 20.3 Å². The number of aromatic nitrogens is 2. The van der Waals surface area contributed by atoms with Gasteiger partial charge in [0.15, 0.2) is 0 Å². The molecule has 0 saturated heterocycles. The minimum atomic E-state index is -2.83. The van der Waals surface area contributed by atoms with Gasteiger partial charge in [0.25, 0.3) is 12.3 Å². The van der Waals surface area contributed by atoms with Gasteiger partial charge in [-0.3, -0.25) is 20.3 Å². The average Bonchev–Trinajstić information content (AvgIpc) is 3.02. The third-order valence-electron chi connectivity index (χ3n) is 3.91. The highest BCUT2D eigenvalue weighted by atomic mass is 19.3. The van der Waals surface area contributed by atoms with E-state index in [0.717, 1.165) is 16.9 Å². The van der Waals surface area contributed by atoms with E-state index in [-0.39, 0.29) is 5.56 Å². The van der Waals surface area contributed by atoms with Gasteiger partial charge in [-0.15, -0.1) is 0 Å². The molecule has 2 aromatic carbocycles. The lowest BCUT2D eigenvalue weighted by atomic mass is 10.1. The zero-order valence-corrected chi connectivity index (χ0v) is 15.7. The van der Waals surface area contributed by atoms with Crippen LogP contribution in [0.15, 0.2) is 48.7 Å². The molecule has 1 heterocycles. The first-order chi connectivity index (χ1) is 13.3. The maximum Gasteiger partial charge on any atom is 0.282 e. The first-order valence-corrected chi connectivity index (χ1v) is 8.56. The Hall–Kier alpha value is -3.42. The molecule has 3 aromatic rings. The van der Waals surface area contributed by atoms with Gasteiger partial charge in [0, 0.05) is 13.2 Å². The zero-order valence-electron chi connectivity index (χ0n) is 15.7. The number of aryl methyl sites for hydroxylation is 3. The Morgan fingerprint density at radius 2 is 1.71 bits per heavy atom. The highest BCUT2D eigenvalue weighted by molar-refractivity contribution is 5.95. The molecule has 6 nitrogen and oxygen atoms in total. The number of hydrazine groups is 1. The van der Waals surface area contributed by atoms with Gasteiger partial charge >= 0.3 is 0 Å². The molecule has 0 aliphatic heterocycles. The fourth-order valence-corrected chi connectivity index (χ4v) is 2.77. The minimum absolute atomic E-state index is 0.181. The van der Waals surface area contributed by atoms with E-state index in [4.69, 9.17) is 4.74 Å². The number of anilines is 1. The molecule has 1 aromatic heterocycles. The molecule has 0 saturated carbocycles. The molecule has 1 amide bonds. The fraction of sp³-hybridized carbons (Fsp3) is 0.200. The maximum absolute atomic E-state index is 12.9. The van der Waals surface area contributed by atoms with Gasteiger partial charge in [0.2, 0.25) is 0 Å². The quantitative estimate of drug-likeness (QED) is 0.611. The standard InChI is InChI=1S/C20H20F2N4O2/c1-12-8-13(2)10-16(9-12)28-15-6-4-14(5-7-15)23-24-20(27)17-11-26(3)25-18(17)19(21)22/h4-11,19,23H,1-3H3,(H,24,27). The van der Waals surface area contributed by atoms with E-state index in [2.05, 4.69) is 22.0 Å². The molecular formula is C20H20F2N4O2. The van der Waals surface area contributed by atoms with E-state index in [1.807, 2.05) is 26.0 Å². The molecule has 0 bridgehead atoms. The van der Waals surface area contributed by atoms with Crippen LogP contribution < -0.4 is 15.6 Å². The first-order valence-electron chi connectivity index (χ1n) is 8.56. The van der Waals surface area contributed by atoms with Gasteiger partial charge in [0.05, 0.1) is 11.3 Å². The van der Waals surface area contributed by atoms with Crippen molar-refractivity contribution < 1.29 is 18.3 Å². The molecule has 0 radical (unpaired) electrons. The number of hydrogen-bond donors (Lipinski definition) is 2. The second-order valence-electron chi connectivity index (χ2n) is 6.43. The molecule has 3 rings (SSSR count).